The zero-order valence-electron chi connectivity index (χ0n) is 7.24. The van der Waals surface area contributed by atoms with Crippen molar-refractivity contribution in [2.45, 2.75) is 0 Å². The number of hydrogen-bond acceptors (Lipinski definition) is 5. The highest BCUT2D eigenvalue weighted by atomic mass is 79.9. The molecule has 4 nitrogen and oxygen atoms in total. The molecule has 0 bridgehead atoms. The predicted octanol–water partition coefficient (Wildman–Crippen LogP) is 3.47. The van der Waals surface area contributed by atoms with E-state index in [-0.39, 0.29) is 0 Å². The molecule has 1 aliphatic heterocycles. The van der Waals surface area contributed by atoms with Crippen LogP contribution in [-0.4, -0.2) is 9.59 Å². The number of fused-ring (bicyclic) bond motifs is 3. The largest absolute Gasteiger partial charge is 0.358 e. The van der Waals surface area contributed by atoms with Crippen LogP contribution in [0.4, 0.5) is 11.4 Å². The SMILES string of the molecule is Brc1cc2c(c3snnc13)N(Br)C=CN2. The molecule has 0 saturated heterocycles. The molecular weight excluding hydrogens is 344 g/mol. The van der Waals surface area contributed by atoms with Crippen molar-refractivity contribution in [1.82, 2.24) is 9.59 Å². The van der Waals surface area contributed by atoms with E-state index in [0.717, 1.165) is 26.1 Å². The minimum atomic E-state index is 0.889. The molecule has 0 aliphatic carbocycles. The maximum absolute atomic E-state index is 4.08. The van der Waals surface area contributed by atoms with Crippen LogP contribution in [0, 0.1) is 0 Å². The molecule has 0 amide bonds. The van der Waals surface area contributed by atoms with Crippen LogP contribution >= 0.6 is 43.6 Å². The number of aromatic nitrogens is 2. The fourth-order valence-corrected chi connectivity index (χ4v) is 3.45. The topological polar surface area (TPSA) is 41.1 Å². The van der Waals surface area contributed by atoms with Gasteiger partial charge in [-0.2, -0.15) is 0 Å². The monoisotopic (exact) mass is 346 g/mol. The van der Waals surface area contributed by atoms with E-state index in [0.29, 0.717) is 0 Å². The first kappa shape index (κ1) is 9.56. The third-order valence-electron chi connectivity index (χ3n) is 2.11. The van der Waals surface area contributed by atoms with Gasteiger partial charge in [-0.25, -0.2) is 0 Å². The fraction of sp³-hybridized carbons (Fsp3) is 0. The van der Waals surface area contributed by atoms with Crippen molar-refractivity contribution < 1.29 is 0 Å². The number of nitrogens with zero attached hydrogens (tertiary/aromatic N) is 3. The second-order valence-electron chi connectivity index (χ2n) is 2.98. The van der Waals surface area contributed by atoms with Crippen molar-refractivity contribution in [2.75, 3.05) is 9.24 Å². The quantitative estimate of drug-likeness (QED) is 0.741. The van der Waals surface area contributed by atoms with Gasteiger partial charge in [0.1, 0.15) is 10.2 Å². The van der Waals surface area contributed by atoms with E-state index in [9.17, 15) is 0 Å². The van der Waals surface area contributed by atoms with Gasteiger partial charge in [-0.05, 0) is 33.5 Å². The lowest BCUT2D eigenvalue weighted by atomic mass is 10.2. The average Bonchev–Trinajstić information content (AvgIpc) is 2.66. The van der Waals surface area contributed by atoms with E-state index in [2.05, 4.69) is 47.0 Å². The van der Waals surface area contributed by atoms with E-state index in [1.165, 1.54) is 11.5 Å². The summed E-state index contributed by atoms with van der Waals surface area (Å²) in [5.41, 5.74) is 2.96. The van der Waals surface area contributed by atoms with Crippen molar-refractivity contribution in [1.29, 1.82) is 0 Å². The molecule has 0 unspecified atom stereocenters. The van der Waals surface area contributed by atoms with E-state index in [4.69, 9.17) is 0 Å². The van der Waals surface area contributed by atoms with Crippen LogP contribution in [0.1, 0.15) is 0 Å². The summed E-state index contributed by atoms with van der Waals surface area (Å²) in [6, 6.07) is 2.00. The van der Waals surface area contributed by atoms with Gasteiger partial charge in [0.2, 0.25) is 0 Å². The minimum absolute atomic E-state index is 0.889. The Kier molecular flexibility index (Phi) is 2.18. The van der Waals surface area contributed by atoms with Crippen LogP contribution in [0.5, 0.6) is 0 Å². The Balaban J connectivity index is 2.42. The molecule has 0 fully saturated rings. The maximum Gasteiger partial charge on any atom is 0.122 e. The number of benzene rings is 1. The second kappa shape index (κ2) is 3.43. The lowest BCUT2D eigenvalue weighted by Gasteiger charge is -2.21. The number of nitrogens with one attached hydrogen (secondary N) is 1. The molecule has 1 aromatic heterocycles. The van der Waals surface area contributed by atoms with Crippen molar-refractivity contribution in [2.24, 2.45) is 0 Å². The van der Waals surface area contributed by atoms with Crippen molar-refractivity contribution >= 4 is 65.2 Å². The highest BCUT2D eigenvalue weighted by Crippen LogP contribution is 2.42. The van der Waals surface area contributed by atoms with Gasteiger partial charge in [-0.15, -0.1) is 5.10 Å². The molecule has 2 aromatic rings. The standard InChI is InChI=1S/C8H4Br2N4S/c9-4-3-5-7(14(10)2-1-11-5)8-6(4)12-13-15-8/h1-3,11H. The lowest BCUT2D eigenvalue weighted by Crippen LogP contribution is -2.09. The zero-order chi connectivity index (χ0) is 10.4. The Labute approximate surface area is 107 Å². The van der Waals surface area contributed by atoms with Crippen LogP contribution in [0.15, 0.2) is 22.9 Å². The van der Waals surface area contributed by atoms with Crippen LogP contribution < -0.4 is 9.24 Å². The summed E-state index contributed by atoms with van der Waals surface area (Å²) in [5, 5.41) is 7.27. The van der Waals surface area contributed by atoms with Crippen LogP contribution in [0.3, 0.4) is 0 Å². The normalized spacial score (nSPS) is 14.1. The van der Waals surface area contributed by atoms with Gasteiger partial charge in [0.15, 0.2) is 0 Å². The fourth-order valence-electron chi connectivity index (χ4n) is 1.48. The van der Waals surface area contributed by atoms with Gasteiger partial charge < -0.3 is 5.32 Å². The zero-order valence-corrected chi connectivity index (χ0v) is 11.2. The van der Waals surface area contributed by atoms with E-state index < -0.39 is 0 Å². The summed E-state index contributed by atoms with van der Waals surface area (Å²) < 4.78 is 7.85. The first-order valence-corrected chi connectivity index (χ1v) is 6.38. The number of hydrogen-bond donors (Lipinski definition) is 1. The summed E-state index contributed by atoms with van der Waals surface area (Å²) in [5.74, 6) is 0. The molecule has 1 aliphatic rings. The summed E-state index contributed by atoms with van der Waals surface area (Å²) in [4.78, 5) is 0. The van der Waals surface area contributed by atoms with E-state index >= 15 is 0 Å². The molecule has 1 aromatic carbocycles. The van der Waals surface area contributed by atoms with Gasteiger partial charge in [0.25, 0.3) is 0 Å². The molecule has 7 heteroatoms. The van der Waals surface area contributed by atoms with Crippen LogP contribution in [0.2, 0.25) is 0 Å². The molecule has 0 spiro atoms. The van der Waals surface area contributed by atoms with Gasteiger partial charge >= 0.3 is 0 Å². The summed E-state index contributed by atoms with van der Waals surface area (Å²) in [6.45, 7) is 0. The smallest absolute Gasteiger partial charge is 0.122 e. The third kappa shape index (κ3) is 1.37. The molecule has 76 valence electrons. The van der Waals surface area contributed by atoms with Gasteiger partial charge in [-0.3, -0.25) is 3.93 Å². The van der Waals surface area contributed by atoms with E-state index in [1.807, 2.05) is 22.4 Å². The van der Waals surface area contributed by atoms with Crippen molar-refractivity contribution in [3.8, 4) is 0 Å². The second-order valence-corrected chi connectivity index (χ2v) is 5.35. The molecule has 3 rings (SSSR count). The van der Waals surface area contributed by atoms with Crippen molar-refractivity contribution in [3.05, 3.63) is 22.9 Å². The minimum Gasteiger partial charge on any atom is -0.358 e. The average molecular weight is 348 g/mol. The Hall–Kier alpha value is -0.660. The molecule has 1 N–H and O–H groups in total. The molecule has 0 atom stereocenters. The van der Waals surface area contributed by atoms with E-state index in [1.54, 1.807) is 0 Å². The highest BCUT2D eigenvalue weighted by molar-refractivity contribution is 9.10. The highest BCUT2D eigenvalue weighted by Gasteiger charge is 2.19. The Morgan fingerprint density at radius 2 is 2.33 bits per heavy atom. The van der Waals surface area contributed by atoms with Gasteiger partial charge in [0, 0.05) is 16.9 Å². The van der Waals surface area contributed by atoms with Gasteiger partial charge in [-0.1, -0.05) is 4.49 Å². The molecule has 0 radical (unpaired) electrons. The maximum atomic E-state index is 4.08. The number of halogens is 2. The predicted molar refractivity (Wildman–Crippen MR) is 69.3 cm³/mol. The molecule has 15 heavy (non-hydrogen) atoms. The number of anilines is 2. The summed E-state index contributed by atoms with van der Waals surface area (Å²) in [6.07, 6.45) is 3.76. The Morgan fingerprint density at radius 1 is 1.47 bits per heavy atom. The van der Waals surface area contributed by atoms with Crippen LogP contribution in [-0.2, 0) is 0 Å². The Bertz CT molecular complexity index is 565. The van der Waals surface area contributed by atoms with Gasteiger partial charge in [0.05, 0.1) is 27.5 Å². The molecular formula is C8H4Br2N4S. The van der Waals surface area contributed by atoms with Crippen LogP contribution in [0.25, 0.3) is 10.2 Å². The lowest BCUT2D eigenvalue weighted by molar-refractivity contribution is 1.19. The first-order valence-electron chi connectivity index (χ1n) is 4.10. The summed E-state index contributed by atoms with van der Waals surface area (Å²) >= 11 is 8.32. The summed E-state index contributed by atoms with van der Waals surface area (Å²) in [7, 11) is 0. The van der Waals surface area contributed by atoms with Crippen molar-refractivity contribution in [3.63, 3.8) is 0 Å². The molecule has 0 saturated carbocycles. The molecule has 2 heterocycles. The first-order chi connectivity index (χ1) is 7.27. The Morgan fingerprint density at radius 3 is 3.20 bits per heavy atom. The third-order valence-corrected chi connectivity index (χ3v) is 4.04. The number of rotatable bonds is 0.